The number of oxazole rings is 1. The second-order valence-corrected chi connectivity index (χ2v) is 8.20. The standard InChI is InChI=1S/C22H12Cl2N2O5/c23-12-5-7-16-15(10-12)25-21(31-16)22(24)8-2-1-3-17(22)26-18(27)13-6-4-11(20(29)30)9-14(13)19(26)28/h1-10,17H,(H,29,30). The van der Waals surface area contributed by atoms with E-state index >= 15 is 0 Å². The van der Waals surface area contributed by atoms with Crippen molar-refractivity contribution in [2.45, 2.75) is 10.9 Å². The number of halogens is 2. The molecule has 2 amide bonds. The van der Waals surface area contributed by atoms with Crippen molar-refractivity contribution in [2.24, 2.45) is 0 Å². The summed E-state index contributed by atoms with van der Waals surface area (Å²) in [5, 5.41) is 9.70. The minimum atomic E-state index is -1.47. The van der Waals surface area contributed by atoms with E-state index < -0.39 is 28.7 Å². The quantitative estimate of drug-likeness (QED) is 0.464. The van der Waals surface area contributed by atoms with Crippen molar-refractivity contribution < 1.29 is 23.9 Å². The van der Waals surface area contributed by atoms with E-state index in [9.17, 15) is 19.5 Å². The number of benzene rings is 2. The molecule has 2 aliphatic rings. The number of imide groups is 1. The van der Waals surface area contributed by atoms with Gasteiger partial charge in [-0.2, -0.15) is 0 Å². The Bertz CT molecular complexity index is 1360. The van der Waals surface area contributed by atoms with Crippen LogP contribution in [0.25, 0.3) is 11.1 Å². The highest BCUT2D eigenvalue weighted by Crippen LogP contribution is 2.43. The SMILES string of the molecule is O=C(O)c1ccc2c(c1)C(=O)N(C1C=CC=CC1(Cl)c1nc3cc(Cl)ccc3o1)C2=O. The van der Waals surface area contributed by atoms with Crippen molar-refractivity contribution in [2.75, 3.05) is 0 Å². The number of fused-ring (bicyclic) bond motifs is 2. The van der Waals surface area contributed by atoms with Crippen LogP contribution in [0.4, 0.5) is 0 Å². The van der Waals surface area contributed by atoms with Crippen LogP contribution in [-0.4, -0.2) is 38.8 Å². The number of hydrogen-bond donors (Lipinski definition) is 1. The Balaban J connectivity index is 1.60. The second-order valence-electron chi connectivity index (χ2n) is 7.13. The number of aromatic carboxylic acids is 1. The molecular formula is C22H12Cl2N2O5. The number of carbonyl (C=O) groups excluding carboxylic acids is 2. The fraction of sp³-hybridized carbons (Fsp3) is 0.0909. The zero-order chi connectivity index (χ0) is 21.9. The first kappa shape index (κ1) is 19.5. The average Bonchev–Trinajstić information content (AvgIpc) is 3.28. The number of allylic oxidation sites excluding steroid dienone is 2. The van der Waals surface area contributed by atoms with Crippen molar-refractivity contribution in [3.8, 4) is 0 Å². The first-order valence-electron chi connectivity index (χ1n) is 9.16. The molecule has 3 aromatic rings. The van der Waals surface area contributed by atoms with E-state index in [0.29, 0.717) is 16.1 Å². The maximum atomic E-state index is 13.1. The number of carbonyl (C=O) groups is 3. The number of aromatic nitrogens is 1. The summed E-state index contributed by atoms with van der Waals surface area (Å²) in [5.41, 5.74) is 0.971. The molecule has 2 unspecified atom stereocenters. The number of carboxylic acids is 1. The van der Waals surface area contributed by atoms with Gasteiger partial charge in [-0.1, -0.05) is 35.9 Å². The minimum Gasteiger partial charge on any atom is -0.478 e. The first-order valence-corrected chi connectivity index (χ1v) is 9.92. The molecule has 0 saturated heterocycles. The molecule has 154 valence electrons. The van der Waals surface area contributed by atoms with Crippen LogP contribution in [0.1, 0.15) is 37.0 Å². The van der Waals surface area contributed by atoms with Crippen LogP contribution in [-0.2, 0) is 4.87 Å². The number of rotatable bonds is 3. The van der Waals surface area contributed by atoms with Crippen molar-refractivity contribution in [1.29, 1.82) is 0 Å². The summed E-state index contributed by atoms with van der Waals surface area (Å²) < 4.78 is 5.84. The third-order valence-corrected chi connectivity index (χ3v) is 6.04. The molecule has 0 saturated carbocycles. The molecule has 0 bridgehead atoms. The number of alkyl halides is 1. The topological polar surface area (TPSA) is 101 Å². The van der Waals surface area contributed by atoms with E-state index in [1.54, 1.807) is 42.5 Å². The molecule has 2 heterocycles. The molecule has 1 aromatic heterocycles. The molecule has 31 heavy (non-hydrogen) atoms. The Hall–Kier alpha value is -3.42. The second kappa shape index (κ2) is 6.80. The Morgan fingerprint density at radius 3 is 2.65 bits per heavy atom. The lowest BCUT2D eigenvalue weighted by Gasteiger charge is -2.35. The van der Waals surface area contributed by atoms with Gasteiger partial charge in [0, 0.05) is 5.02 Å². The predicted octanol–water partition coefficient (Wildman–Crippen LogP) is 4.40. The molecule has 9 heteroatoms. The van der Waals surface area contributed by atoms with Crippen LogP contribution in [0.15, 0.2) is 65.1 Å². The highest BCUT2D eigenvalue weighted by molar-refractivity contribution is 6.31. The monoisotopic (exact) mass is 454 g/mol. The molecule has 1 aliphatic carbocycles. The molecule has 1 aliphatic heterocycles. The zero-order valence-corrected chi connectivity index (χ0v) is 17.1. The molecular weight excluding hydrogens is 443 g/mol. The maximum Gasteiger partial charge on any atom is 0.335 e. The number of nitrogens with zero attached hydrogens (tertiary/aromatic N) is 2. The average molecular weight is 455 g/mol. The molecule has 2 aromatic carbocycles. The van der Waals surface area contributed by atoms with E-state index in [4.69, 9.17) is 27.6 Å². The van der Waals surface area contributed by atoms with Crippen LogP contribution in [0.5, 0.6) is 0 Å². The van der Waals surface area contributed by atoms with Crippen molar-refractivity contribution in [1.82, 2.24) is 9.88 Å². The fourth-order valence-corrected chi connectivity index (χ4v) is 4.28. The van der Waals surface area contributed by atoms with E-state index in [1.165, 1.54) is 18.2 Å². The Morgan fingerprint density at radius 2 is 1.87 bits per heavy atom. The summed E-state index contributed by atoms with van der Waals surface area (Å²) in [6, 6.07) is 7.78. The molecule has 2 atom stereocenters. The Morgan fingerprint density at radius 1 is 1.10 bits per heavy atom. The van der Waals surface area contributed by atoms with E-state index in [0.717, 1.165) is 4.90 Å². The predicted molar refractivity (Wildman–Crippen MR) is 113 cm³/mol. The number of hydrogen-bond acceptors (Lipinski definition) is 5. The summed E-state index contributed by atoms with van der Waals surface area (Å²) in [5.74, 6) is -2.32. The van der Waals surface area contributed by atoms with Crippen LogP contribution < -0.4 is 0 Å². The lowest BCUT2D eigenvalue weighted by atomic mass is 9.92. The van der Waals surface area contributed by atoms with Gasteiger partial charge < -0.3 is 9.52 Å². The summed E-state index contributed by atoms with van der Waals surface area (Å²) >= 11 is 13.0. The molecule has 5 rings (SSSR count). The number of amides is 2. The van der Waals surface area contributed by atoms with Crippen LogP contribution in [0, 0.1) is 0 Å². The normalized spacial score (nSPS) is 22.4. The largest absolute Gasteiger partial charge is 0.478 e. The van der Waals surface area contributed by atoms with Gasteiger partial charge in [0.2, 0.25) is 5.89 Å². The third kappa shape index (κ3) is 2.89. The van der Waals surface area contributed by atoms with Crippen LogP contribution >= 0.6 is 23.2 Å². The van der Waals surface area contributed by atoms with Crippen LogP contribution in [0.3, 0.4) is 0 Å². The molecule has 7 nitrogen and oxygen atoms in total. The summed E-state index contributed by atoms with van der Waals surface area (Å²) in [6.07, 6.45) is 6.54. The van der Waals surface area contributed by atoms with Gasteiger partial charge in [0.05, 0.1) is 22.7 Å². The van der Waals surface area contributed by atoms with E-state index in [2.05, 4.69) is 4.98 Å². The van der Waals surface area contributed by atoms with Crippen LogP contribution in [0.2, 0.25) is 5.02 Å². The lowest BCUT2D eigenvalue weighted by molar-refractivity contribution is 0.0587. The highest BCUT2D eigenvalue weighted by atomic mass is 35.5. The summed E-state index contributed by atoms with van der Waals surface area (Å²) in [7, 11) is 0. The smallest absolute Gasteiger partial charge is 0.335 e. The Kier molecular flexibility index (Phi) is 4.28. The van der Waals surface area contributed by atoms with Gasteiger partial charge in [0.1, 0.15) is 5.52 Å². The van der Waals surface area contributed by atoms with Gasteiger partial charge in [0.25, 0.3) is 11.8 Å². The minimum absolute atomic E-state index is 0.0104. The number of carboxylic acid groups (broad SMARTS) is 1. The van der Waals surface area contributed by atoms with Gasteiger partial charge in [-0.3, -0.25) is 14.5 Å². The lowest BCUT2D eigenvalue weighted by Crippen LogP contribution is -2.49. The van der Waals surface area contributed by atoms with Gasteiger partial charge in [-0.15, -0.1) is 11.6 Å². The first-order chi connectivity index (χ1) is 14.8. The van der Waals surface area contributed by atoms with Crippen molar-refractivity contribution in [3.05, 3.63) is 88.3 Å². The van der Waals surface area contributed by atoms with Gasteiger partial charge in [-0.25, -0.2) is 9.78 Å². The summed E-state index contributed by atoms with van der Waals surface area (Å²) in [4.78, 5) is 41.5. The zero-order valence-electron chi connectivity index (χ0n) is 15.6. The van der Waals surface area contributed by atoms with E-state index in [1.807, 2.05) is 0 Å². The van der Waals surface area contributed by atoms with Gasteiger partial charge in [0.15, 0.2) is 10.5 Å². The van der Waals surface area contributed by atoms with Gasteiger partial charge >= 0.3 is 5.97 Å². The maximum absolute atomic E-state index is 13.1. The van der Waals surface area contributed by atoms with Crippen molar-refractivity contribution >= 4 is 52.1 Å². The van der Waals surface area contributed by atoms with Gasteiger partial charge in [-0.05, 0) is 36.4 Å². The molecule has 0 radical (unpaired) electrons. The Labute approximate surface area is 185 Å². The molecule has 0 spiro atoms. The summed E-state index contributed by atoms with van der Waals surface area (Å²) in [6.45, 7) is 0. The molecule has 1 N–H and O–H groups in total. The third-order valence-electron chi connectivity index (χ3n) is 5.29. The van der Waals surface area contributed by atoms with E-state index in [-0.39, 0.29) is 22.6 Å². The molecule has 0 fully saturated rings. The fourth-order valence-electron chi connectivity index (χ4n) is 3.78. The van der Waals surface area contributed by atoms with Crippen molar-refractivity contribution in [3.63, 3.8) is 0 Å². The highest BCUT2D eigenvalue weighted by Gasteiger charge is 2.51.